The average molecular weight is 304 g/mol. The number of aliphatic hydroxyl groups is 1. The number of halogens is 1. The number of sulfonamides is 1. The molecule has 1 aromatic rings. The number of hydrogen-bond acceptors (Lipinski definition) is 3. The Hall–Kier alpha value is -0.620. The van der Waals surface area contributed by atoms with E-state index in [4.69, 9.17) is 11.6 Å². The average Bonchev–Trinajstić information content (AvgIpc) is 2.31. The molecule has 0 aliphatic heterocycles. The van der Waals surface area contributed by atoms with Crippen molar-refractivity contribution in [3.63, 3.8) is 0 Å². The van der Waals surface area contributed by atoms with Crippen LogP contribution in [0, 0.1) is 6.92 Å². The summed E-state index contributed by atoms with van der Waals surface area (Å²) in [7, 11) is -3.68. The van der Waals surface area contributed by atoms with E-state index in [0.717, 1.165) is 18.4 Å². The smallest absolute Gasteiger partial charge is 0.242 e. The van der Waals surface area contributed by atoms with Crippen LogP contribution in [0.4, 0.5) is 0 Å². The van der Waals surface area contributed by atoms with Crippen molar-refractivity contribution in [1.29, 1.82) is 0 Å². The third-order valence-corrected chi connectivity index (χ3v) is 5.39. The molecule has 6 heteroatoms. The van der Waals surface area contributed by atoms with Gasteiger partial charge in [0.2, 0.25) is 10.0 Å². The minimum atomic E-state index is -3.68. The van der Waals surface area contributed by atoms with E-state index in [1.54, 1.807) is 12.1 Å². The monoisotopic (exact) mass is 303 g/mol. The van der Waals surface area contributed by atoms with Crippen LogP contribution in [0.25, 0.3) is 0 Å². The Balaban J connectivity index is 2.22. The molecule has 106 valence electrons. The molecule has 1 saturated carbocycles. The van der Waals surface area contributed by atoms with E-state index < -0.39 is 22.2 Å². The van der Waals surface area contributed by atoms with E-state index in [2.05, 4.69) is 4.72 Å². The van der Waals surface area contributed by atoms with Crippen molar-refractivity contribution < 1.29 is 13.5 Å². The first kappa shape index (κ1) is 14.8. The van der Waals surface area contributed by atoms with Gasteiger partial charge in [-0.1, -0.05) is 30.5 Å². The van der Waals surface area contributed by atoms with Gasteiger partial charge in [-0.15, -0.1) is 0 Å². The fraction of sp³-hybridized carbons (Fsp3) is 0.538. The summed E-state index contributed by atoms with van der Waals surface area (Å²) in [5, 5.41) is 10.0. The van der Waals surface area contributed by atoms with Crippen molar-refractivity contribution in [2.45, 2.75) is 49.6 Å². The summed E-state index contributed by atoms with van der Waals surface area (Å²) in [6.07, 6.45) is 2.53. The Morgan fingerprint density at radius 3 is 2.63 bits per heavy atom. The molecule has 4 nitrogen and oxygen atoms in total. The third kappa shape index (κ3) is 3.48. The van der Waals surface area contributed by atoms with Gasteiger partial charge in [-0.05, 0) is 37.5 Å². The maximum absolute atomic E-state index is 12.3. The second-order valence-electron chi connectivity index (χ2n) is 5.01. The van der Waals surface area contributed by atoms with Crippen molar-refractivity contribution in [2.75, 3.05) is 0 Å². The maximum Gasteiger partial charge on any atom is 0.242 e. The van der Waals surface area contributed by atoms with Gasteiger partial charge in [-0.2, -0.15) is 0 Å². The quantitative estimate of drug-likeness (QED) is 0.900. The van der Waals surface area contributed by atoms with Crippen LogP contribution in [0.2, 0.25) is 5.02 Å². The third-order valence-electron chi connectivity index (χ3n) is 3.41. The summed E-state index contributed by atoms with van der Waals surface area (Å²) in [6.45, 7) is 1.85. The fourth-order valence-corrected chi connectivity index (χ4v) is 4.24. The molecular formula is C13H18ClNO3S. The summed E-state index contributed by atoms with van der Waals surface area (Å²) in [5.41, 5.74) is 0.904. The lowest BCUT2D eigenvalue weighted by Crippen LogP contribution is -2.45. The predicted octanol–water partition coefficient (Wildman–Crippen LogP) is 2.23. The number of aliphatic hydroxyl groups excluding tert-OH is 1. The Labute approximate surface area is 118 Å². The summed E-state index contributed by atoms with van der Waals surface area (Å²) < 4.78 is 27.1. The summed E-state index contributed by atoms with van der Waals surface area (Å²) in [4.78, 5) is 0.0672. The number of hydrogen-bond donors (Lipinski definition) is 2. The zero-order valence-electron chi connectivity index (χ0n) is 10.8. The molecule has 0 saturated heterocycles. The van der Waals surface area contributed by atoms with Crippen LogP contribution < -0.4 is 4.72 Å². The van der Waals surface area contributed by atoms with Gasteiger partial charge in [0.05, 0.1) is 11.1 Å². The zero-order valence-corrected chi connectivity index (χ0v) is 12.3. The first-order valence-corrected chi connectivity index (χ1v) is 8.23. The Morgan fingerprint density at radius 1 is 1.32 bits per heavy atom. The summed E-state index contributed by atoms with van der Waals surface area (Å²) in [5.74, 6) is 0. The molecule has 0 bridgehead atoms. The molecule has 0 aromatic heterocycles. The number of benzene rings is 1. The van der Waals surface area contributed by atoms with E-state index in [-0.39, 0.29) is 9.92 Å². The van der Waals surface area contributed by atoms with Crippen molar-refractivity contribution in [1.82, 2.24) is 4.72 Å². The Bertz CT molecular complexity index is 559. The highest BCUT2D eigenvalue weighted by molar-refractivity contribution is 7.89. The van der Waals surface area contributed by atoms with Gasteiger partial charge >= 0.3 is 0 Å². The molecule has 1 aliphatic carbocycles. The molecule has 2 N–H and O–H groups in total. The second-order valence-corrected chi connectivity index (χ2v) is 7.10. The molecule has 1 aromatic carbocycles. The van der Waals surface area contributed by atoms with Crippen molar-refractivity contribution in [3.05, 3.63) is 28.8 Å². The van der Waals surface area contributed by atoms with E-state index in [1.165, 1.54) is 6.07 Å². The lowest BCUT2D eigenvalue weighted by molar-refractivity contribution is 0.101. The summed E-state index contributed by atoms with van der Waals surface area (Å²) >= 11 is 5.99. The second kappa shape index (κ2) is 5.79. The van der Waals surface area contributed by atoms with E-state index in [0.29, 0.717) is 12.8 Å². The van der Waals surface area contributed by atoms with Crippen molar-refractivity contribution >= 4 is 21.6 Å². The highest BCUT2D eigenvalue weighted by atomic mass is 35.5. The lowest BCUT2D eigenvalue weighted by atomic mass is 9.93. The standard InChI is InChI=1S/C13H18ClNO3S/c1-9-6-7-13(10(14)8-9)19(17,18)15-11-4-2-3-5-12(11)16/h6-8,11-12,15-16H,2-5H2,1H3. The molecule has 1 fully saturated rings. The Kier molecular flexibility index (Phi) is 4.50. The van der Waals surface area contributed by atoms with Gasteiger partial charge in [0.15, 0.2) is 0 Å². The number of nitrogens with one attached hydrogen (secondary N) is 1. The van der Waals surface area contributed by atoms with Gasteiger partial charge in [-0.25, -0.2) is 13.1 Å². The molecule has 19 heavy (non-hydrogen) atoms. The van der Waals surface area contributed by atoms with Gasteiger partial charge in [0, 0.05) is 6.04 Å². The topological polar surface area (TPSA) is 66.4 Å². The number of rotatable bonds is 3. The van der Waals surface area contributed by atoms with Gasteiger partial charge in [0.25, 0.3) is 0 Å². The highest BCUT2D eigenvalue weighted by Gasteiger charge is 2.29. The molecule has 2 rings (SSSR count). The maximum atomic E-state index is 12.3. The first-order valence-electron chi connectivity index (χ1n) is 6.37. The fourth-order valence-electron chi connectivity index (χ4n) is 2.34. The normalized spacial score (nSPS) is 24.4. The summed E-state index contributed by atoms with van der Waals surface area (Å²) in [6, 6.07) is 4.40. The zero-order chi connectivity index (χ0) is 14.0. The predicted molar refractivity (Wildman–Crippen MR) is 74.8 cm³/mol. The van der Waals surface area contributed by atoms with Crippen LogP contribution in [0.3, 0.4) is 0 Å². The van der Waals surface area contributed by atoms with E-state index in [9.17, 15) is 13.5 Å². The van der Waals surface area contributed by atoms with Gasteiger partial charge < -0.3 is 5.11 Å². The molecular weight excluding hydrogens is 286 g/mol. The number of aryl methyl sites for hydroxylation is 1. The molecule has 0 amide bonds. The molecule has 2 unspecified atom stereocenters. The SMILES string of the molecule is Cc1ccc(S(=O)(=O)NC2CCCCC2O)c(Cl)c1. The van der Waals surface area contributed by atoms with Gasteiger partial charge in [-0.3, -0.25) is 0 Å². The van der Waals surface area contributed by atoms with Crippen LogP contribution in [0.1, 0.15) is 31.2 Å². The van der Waals surface area contributed by atoms with E-state index in [1.807, 2.05) is 6.92 Å². The van der Waals surface area contributed by atoms with Crippen LogP contribution >= 0.6 is 11.6 Å². The lowest BCUT2D eigenvalue weighted by Gasteiger charge is -2.28. The molecule has 0 heterocycles. The van der Waals surface area contributed by atoms with Crippen LogP contribution in [0.5, 0.6) is 0 Å². The first-order chi connectivity index (χ1) is 8.90. The van der Waals surface area contributed by atoms with Crippen LogP contribution in [-0.4, -0.2) is 25.7 Å². The van der Waals surface area contributed by atoms with Gasteiger partial charge in [0.1, 0.15) is 4.90 Å². The highest BCUT2D eigenvalue weighted by Crippen LogP contribution is 2.25. The minimum Gasteiger partial charge on any atom is -0.391 e. The largest absolute Gasteiger partial charge is 0.391 e. The van der Waals surface area contributed by atoms with Crippen LogP contribution in [-0.2, 0) is 10.0 Å². The van der Waals surface area contributed by atoms with Crippen molar-refractivity contribution in [3.8, 4) is 0 Å². The molecule has 0 spiro atoms. The minimum absolute atomic E-state index is 0.0672. The van der Waals surface area contributed by atoms with Crippen LogP contribution in [0.15, 0.2) is 23.1 Å². The molecule has 2 atom stereocenters. The molecule has 0 radical (unpaired) electrons. The molecule has 1 aliphatic rings. The van der Waals surface area contributed by atoms with Crippen molar-refractivity contribution in [2.24, 2.45) is 0 Å². The van der Waals surface area contributed by atoms with E-state index >= 15 is 0 Å². The Morgan fingerprint density at radius 2 is 2.00 bits per heavy atom.